The second-order valence-electron chi connectivity index (χ2n) is 14.8. The summed E-state index contributed by atoms with van der Waals surface area (Å²) < 4.78 is 0. The molecule has 4 aliphatic carbocycles. The fourth-order valence-corrected chi connectivity index (χ4v) is 9.21. The van der Waals surface area contributed by atoms with Gasteiger partial charge in [0.1, 0.15) is 11.4 Å². The number of Topliss-reactive ketones (excluding diaryl/α,β-unsaturated/α-hetero) is 2. The summed E-state index contributed by atoms with van der Waals surface area (Å²) in [5, 5.41) is 54.7. The van der Waals surface area contributed by atoms with E-state index in [9.17, 15) is 39.9 Å². The summed E-state index contributed by atoms with van der Waals surface area (Å²) in [5.41, 5.74) is -6.47. The Balaban J connectivity index is 1.81. The zero-order valence-corrected chi connectivity index (χ0v) is 24.0. The van der Waals surface area contributed by atoms with Gasteiger partial charge in [-0.05, 0) is 62.9 Å². The van der Waals surface area contributed by atoms with Gasteiger partial charge < -0.3 is 25.5 Å². The molecule has 0 aromatic rings. The van der Waals surface area contributed by atoms with Crippen LogP contribution in [0, 0.1) is 39.4 Å². The first-order chi connectivity index (χ1) is 17.1. The minimum Gasteiger partial charge on any atom is -0.393 e. The average Bonchev–Trinajstić information content (AvgIpc) is 2.96. The number of aliphatic hydroxyl groups is 5. The van der Waals surface area contributed by atoms with Crippen LogP contribution in [0.25, 0.3) is 0 Å². The number of carbonyl (C=O) groups excluding carboxylic acids is 3. The van der Waals surface area contributed by atoms with Crippen molar-refractivity contribution in [3.05, 3.63) is 11.6 Å². The van der Waals surface area contributed by atoms with Crippen molar-refractivity contribution in [2.75, 3.05) is 0 Å². The minimum absolute atomic E-state index is 0.0384. The van der Waals surface area contributed by atoms with E-state index in [2.05, 4.69) is 0 Å². The fourth-order valence-electron chi connectivity index (χ4n) is 9.21. The van der Waals surface area contributed by atoms with Crippen molar-refractivity contribution < 1.29 is 39.9 Å². The highest BCUT2D eigenvalue weighted by Gasteiger charge is 2.76. The van der Waals surface area contributed by atoms with Crippen molar-refractivity contribution in [3.8, 4) is 0 Å². The number of ketones is 3. The molecular weight excluding hydrogens is 488 g/mol. The predicted octanol–water partition coefficient (Wildman–Crippen LogP) is 2.12. The monoisotopic (exact) mass is 534 g/mol. The maximum absolute atomic E-state index is 14.2. The number of rotatable bonds is 5. The maximum atomic E-state index is 14.2. The van der Waals surface area contributed by atoms with E-state index < -0.39 is 74.7 Å². The van der Waals surface area contributed by atoms with Crippen molar-refractivity contribution in [2.45, 2.75) is 117 Å². The van der Waals surface area contributed by atoms with Crippen LogP contribution >= 0.6 is 0 Å². The molecule has 8 nitrogen and oxygen atoms in total. The van der Waals surface area contributed by atoms with Crippen molar-refractivity contribution in [1.82, 2.24) is 0 Å². The second-order valence-corrected chi connectivity index (χ2v) is 14.8. The zero-order valence-electron chi connectivity index (χ0n) is 24.0. The number of aliphatic hydroxyl groups excluding tert-OH is 3. The first-order valence-electron chi connectivity index (χ1n) is 13.9. The van der Waals surface area contributed by atoms with Crippen LogP contribution in [0.3, 0.4) is 0 Å². The highest BCUT2D eigenvalue weighted by molar-refractivity contribution is 6.03. The van der Waals surface area contributed by atoms with Gasteiger partial charge in [-0.25, -0.2) is 0 Å². The van der Waals surface area contributed by atoms with Gasteiger partial charge >= 0.3 is 0 Å². The van der Waals surface area contributed by atoms with E-state index in [1.54, 1.807) is 47.6 Å². The summed E-state index contributed by atoms with van der Waals surface area (Å²) >= 11 is 0. The molecule has 0 bridgehead atoms. The third-order valence-corrected chi connectivity index (χ3v) is 11.5. The Morgan fingerprint density at radius 1 is 0.974 bits per heavy atom. The van der Waals surface area contributed by atoms with E-state index >= 15 is 0 Å². The van der Waals surface area contributed by atoms with Gasteiger partial charge in [0.15, 0.2) is 11.6 Å². The number of allylic oxidation sites excluding steroid dienone is 1. The van der Waals surface area contributed by atoms with Gasteiger partial charge in [0.25, 0.3) is 0 Å². The molecule has 0 aromatic carbocycles. The first-order valence-corrected chi connectivity index (χ1v) is 13.9. The Hall–Kier alpha value is -1.45. The molecular formula is C30H46O8. The maximum Gasteiger partial charge on any atom is 0.164 e. The molecule has 8 heteroatoms. The van der Waals surface area contributed by atoms with E-state index in [1.807, 2.05) is 6.92 Å². The summed E-state index contributed by atoms with van der Waals surface area (Å²) in [5.74, 6) is -3.23. The topological polar surface area (TPSA) is 152 Å². The first kappa shape index (κ1) is 29.5. The Kier molecular flexibility index (Phi) is 6.63. The standard InChI is InChI=1S/C30H46O8/c1-25(2,37)10-9-20(34)30(8,38)23-19(33)13-27(5)22-17(31)11-15-16(12-18(32)24(36)26(15,3)4)29(22,7)21(35)14-28(23,27)6/h11,16,18-19,22-24,32-33,36-38H,9-10,12-14H2,1-8H3. The van der Waals surface area contributed by atoms with Crippen LogP contribution in [0.2, 0.25) is 0 Å². The molecule has 0 radical (unpaired) electrons. The largest absolute Gasteiger partial charge is 0.393 e. The molecule has 10 atom stereocenters. The number of carbonyl (C=O) groups is 3. The van der Waals surface area contributed by atoms with Crippen LogP contribution in [0.5, 0.6) is 0 Å². The van der Waals surface area contributed by atoms with Gasteiger partial charge in [-0.2, -0.15) is 0 Å². The fraction of sp³-hybridized carbons (Fsp3) is 0.833. The number of hydrogen-bond donors (Lipinski definition) is 5. The number of hydrogen-bond acceptors (Lipinski definition) is 8. The van der Waals surface area contributed by atoms with Gasteiger partial charge in [-0.15, -0.1) is 0 Å². The Morgan fingerprint density at radius 3 is 2.11 bits per heavy atom. The molecule has 0 spiro atoms. The van der Waals surface area contributed by atoms with Crippen LogP contribution < -0.4 is 0 Å². The lowest BCUT2D eigenvalue weighted by molar-refractivity contribution is -0.189. The Morgan fingerprint density at radius 2 is 1.55 bits per heavy atom. The zero-order chi connectivity index (χ0) is 29.0. The lowest BCUT2D eigenvalue weighted by atomic mass is 9.38. The van der Waals surface area contributed by atoms with Crippen molar-refractivity contribution in [1.29, 1.82) is 0 Å². The molecule has 4 aliphatic rings. The van der Waals surface area contributed by atoms with Gasteiger partial charge in [0.2, 0.25) is 0 Å². The van der Waals surface area contributed by atoms with Gasteiger partial charge in [0.05, 0.1) is 23.9 Å². The molecule has 0 saturated heterocycles. The second kappa shape index (κ2) is 8.53. The summed E-state index contributed by atoms with van der Waals surface area (Å²) in [6.07, 6.45) is -1.43. The van der Waals surface area contributed by atoms with Crippen LogP contribution in [0.15, 0.2) is 11.6 Å². The minimum atomic E-state index is -1.98. The normalized spacial score (nSPS) is 46.0. The van der Waals surface area contributed by atoms with Crippen molar-refractivity contribution in [2.24, 2.45) is 39.4 Å². The highest BCUT2D eigenvalue weighted by Crippen LogP contribution is 2.73. The van der Waals surface area contributed by atoms with Crippen LogP contribution in [-0.4, -0.2) is 72.4 Å². The molecule has 5 N–H and O–H groups in total. The Bertz CT molecular complexity index is 1080. The lowest BCUT2D eigenvalue weighted by Gasteiger charge is -2.64. The van der Waals surface area contributed by atoms with E-state index in [0.29, 0.717) is 5.57 Å². The average molecular weight is 535 g/mol. The quantitative estimate of drug-likeness (QED) is 0.360. The van der Waals surface area contributed by atoms with E-state index in [0.717, 1.165) is 0 Å². The molecule has 4 rings (SSSR count). The smallest absolute Gasteiger partial charge is 0.164 e. The highest BCUT2D eigenvalue weighted by atomic mass is 16.3. The summed E-state index contributed by atoms with van der Waals surface area (Å²) in [4.78, 5) is 41.5. The molecule has 10 unspecified atom stereocenters. The SMILES string of the molecule is CC(C)(O)CCC(=O)C(C)(O)C1C(O)CC2(C)C3C(=O)C=C4C(CC(O)C(O)C4(C)C)C3(C)C(=O)CC12C. The van der Waals surface area contributed by atoms with Crippen LogP contribution in [0.4, 0.5) is 0 Å². The third-order valence-electron chi connectivity index (χ3n) is 11.5. The molecule has 38 heavy (non-hydrogen) atoms. The van der Waals surface area contributed by atoms with E-state index in [1.165, 1.54) is 6.92 Å². The molecule has 0 aliphatic heterocycles. The van der Waals surface area contributed by atoms with Crippen LogP contribution in [-0.2, 0) is 14.4 Å². The summed E-state index contributed by atoms with van der Waals surface area (Å²) in [6.45, 7) is 13.6. The molecule has 0 amide bonds. The molecule has 3 fully saturated rings. The van der Waals surface area contributed by atoms with Gasteiger partial charge in [-0.1, -0.05) is 40.2 Å². The summed E-state index contributed by atoms with van der Waals surface area (Å²) in [7, 11) is 0. The number of fused-ring (bicyclic) bond motifs is 5. The van der Waals surface area contributed by atoms with Crippen molar-refractivity contribution >= 4 is 17.3 Å². The molecule has 0 aromatic heterocycles. The molecule has 0 heterocycles. The predicted molar refractivity (Wildman–Crippen MR) is 140 cm³/mol. The van der Waals surface area contributed by atoms with Crippen LogP contribution in [0.1, 0.15) is 87.5 Å². The third kappa shape index (κ3) is 3.77. The van der Waals surface area contributed by atoms with E-state index in [4.69, 9.17) is 0 Å². The van der Waals surface area contributed by atoms with Crippen molar-refractivity contribution in [3.63, 3.8) is 0 Å². The molecule has 3 saturated carbocycles. The lowest BCUT2D eigenvalue weighted by Crippen LogP contribution is -2.67. The molecule has 214 valence electrons. The van der Waals surface area contributed by atoms with Gasteiger partial charge in [0, 0.05) is 35.5 Å². The van der Waals surface area contributed by atoms with Gasteiger partial charge in [-0.3, -0.25) is 14.4 Å². The Labute approximate surface area is 225 Å². The summed E-state index contributed by atoms with van der Waals surface area (Å²) in [6, 6.07) is 0. The van der Waals surface area contributed by atoms with E-state index in [-0.39, 0.29) is 43.7 Å².